The van der Waals surface area contributed by atoms with Crippen LogP contribution in [0.2, 0.25) is 5.02 Å². The van der Waals surface area contributed by atoms with E-state index in [9.17, 15) is 9.59 Å². The van der Waals surface area contributed by atoms with Gasteiger partial charge in [0.25, 0.3) is 5.91 Å². The highest BCUT2D eigenvalue weighted by molar-refractivity contribution is 6.31. The molecule has 6 nitrogen and oxygen atoms in total. The van der Waals surface area contributed by atoms with Crippen molar-refractivity contribution in [3.8, 4) is 0 Å². The molecule has 1 aromatic carbocycles. The van der Waals surface area contributed by atoms with Gasteiger partial charge in [0.05, 0.1) is 12.3 Å². The molecule has 2 amide bonds. The molecule has 2 heterocycles. The number of carbonyl (C=O) groups excluding carboxylic acids is 2. The van der Waals surface area contributed by atoms with Crippen LogP contribution >= 0.6 is 24.0 Å². The van der Waals surface area contributed by atoms with E-state index in [-0.39, 0.29) is 49.0 Å². The van der Waals surface area contributed by atoms with Crippen LogP contribution in [0.15, 0.2) is 47.1 Å². The maximum Gasteiger partial charge on any atom is 0.286 e. The first-order valence-corrected chi connectivity index (χ1v) is 8.61. The summed E-state index contributed by atoms with van der Waals surface area (Å²) in [6.07, 6.45) is 1.67. The van der Waals surface area contributed by atoms with Crippen molar-refractivity contribution in [3.63, 3.8) is 0 Å². The molecule has 8 heteroatoms. The van der Waals surface area contributed by atoms with Crippen LogP contribution < -0.4 is 10.6 Å². The zero-order valence-corrected chi connectivity index (χ0v) is 15.7. The number of nitrogens with zero attached hydrogens (tertiary/aromatic N) is 1. The Balaban J connectivity index is 0.00000243. The Morgan fingerprint density at radius 2 is 2.08 bits per heavy atom. The summed E-state index contributed by atoms with van der Waals surface area (Å²) in [5, 5.41) is 6.66. The van der Waals surface area contributed by atoms with Gasteiger partial charge in [0.1, 0.15) is 0 Å². The highest BCUT2D eigenvalue weighted by atomic mass is 35.5. The monoisotopic (exact) mass is 397 g/mol. The van der Waals surface area contributed by atoms with Crippen molar-refractivity contribution in [1.82, 2.24) is 15.5 Å². The molecule has 1 saturated heterocycles. The first-order chi connectivity index (χ1) is 12.2. The number of nitrogens with one attached hydrogen (secondary N) is 2. The molecule has 0 radical (unpaired) electrons. The quantitative estimate of drug-likeness (QED) is 0.812. The normalized spacial score (nSPS) is 16.7. The van der Waals surface area contributed by atoms with E-state index in [0.29, 0.717) is 18.1 Å². The number of piperazine rings is 1. The van der Waals surface area contributed by atoms with Crippen LogP contribution in [0.5, 0.6) is 0 Å². The maximum atomic E-state index is 12.6. The van der Waals surface area contributed by atoms with Gasteiger partial charge in [0.2, 0.25) is 5.91 Å². The van der Waals surface area contributed by atoms with E-state index in [0.717, 1.165) is 12.1 Å². The van der Waals surface area contributed by atoms with Crippen LogP contribution in [0, 0.1) is 0 Å². The molecular formula is C18H21Cl2N3O3. The van der Waals surface area contributed by atoms with E-state index in [1.807, 2.05) is 29.2 Å². The number of furan rings is 1. The second kappa shape index (κ2) is 9.62. The molecule has 0 saturated carbocycles. The highest BCUT2D eigenvalue weighted by Crippen LogP contribution is 2.28. The zero-order valence-electron chi connectivity index (χ0n) is 14.1. The van der Waals surface area contributed by atoms with Crippen molar-refractivity contribution in [1.29, 1.82) is 0 Å². The Morgan fingerprint density at radius 3 is 2.81 bits per heavy atom. The second-order valence-corrected chi connectivity index (χ2v) is 6.22. The van der Waals surface area contributed by atoms with Crippen molar-refractivity contribution in [2.24, 2.45) is 0 Å². The van der Waals surface area contributed by atoms with E-state index in [1.54, 1.807) is 12.1 Å². The molecule has 0 aliphatic carbocycles. The fourth-order valence-corrected chi connectivity index (χ4v) is 3.21. The maximum absolute atomic E-state index is 12.6. The molecule has 2 aromatic rings. The first kappa shape index (κ1) is 20.3. The second-order valence-electron chi connectivity index (χ2n) is 5.81. The number of benzene rings is 1. The van der Waals surface area contributed by atoms with Gasteiger partial charge >= 0.3 is 0 Å². The van der Waals surface area contributed by atoms with E-state index >= 15 is 0 Å². The molecular weight excluding hydrogens is 377 g/mol. The molecule has 3 rings (SSSR count). The lowest BCUT2D eigenvalue weighted by atomic mass is 10.0. The summed E-state index contributed by atoms with van der Waals surface area (Å²) in [7, 11) is 0. The third-order valence-corrected chi connectivity index (χ3v) is 4.54. The number of amides is 2. The minimum absolute atomic E-state index is 0. The van der Waals surface area contributed by atoms with E-state index < -0.39 is 0 Å². The Hall–Kier alpha value is -2.02. The molecule has 0 bridgehead atoms. The summed E-state index contributed by atoms with van der Waals surface area (Å²) in [6.45, 7) is 2.28. The lowest BCUT2D eigenvalue weighted by Crippen LogP contribution is -2.49. The van der Waals surface area contributed by atoms with E-state index in [2.05, 4.69) is 10.6 Å². The summed E-state index contributed by atoms with van der Waals surface area (Å²) in [6, 6.07) is 10.7. The third-order valence-electron chi connectivity index (χ3n) is 4.20. The Bertz CT molecular complexity index is 737. The van der Waals surface area contributed by atoms with Gasteiger partial charge < -0.3 is 20.0 Å². The average Bonchev–Trinajstić information content (AvgIpc) is 3.17. The number of hydrogen-bond acceptors (Lipinski definition) is 4. The predicted octanol–water partition coefficient (Wildman–Crippen LogP) is 2.65. The van der Waals surface area contributed by atoms with Crippen molar-refractivity contribution in [2.45, 2.75) is 12.5 Å². The molecule has 140 valence electrons. The van der Waals surface area contributed by atoms with Crippen molar-refractivity contribution >= 4 is 35.8 Å². The van der Waals surface area contributed by atoms with Crippen molar-refractivity contribution in [3.05, 3.63) is 59.0 Å². The van der Waals surface area contributed by atoms with Crippen LogP contribution in [0.4, 0.5) is 0 Å². The zero-order chi connectivity index (χ0) is 17.6. The van der Waals surface area contributed by atoms with Gasteiger partial charge in [-0.05, 0) is 23.8 Å². The first-order valence-electron chi connectivity index (χ1n) is 8.23. The summed E-state index contributed by atoms with van der Waals surface area (Å²) < 4.78 is 5.03. The van der Waals surface area contributed by atoms with Crippen LogP contribution in [0.1, 0.15) is 28.6 Å². The average molecular weight is 398 g/mol. The minimum atomic E-state index is -0.319. The predicted molar refractivity (Wildman–Crippen MR) is 102 cm³/mol. The topological polar surface area (TPSA) is 74.6 Å². The highest BCUT2D eigenvalue weighted by Gasteiger charge is 2.28. The number of halogens is 2. The summed E-state index contributed by atoms with van der Waals surface area (Å²) >= 11 is 6.30. The number of hydrogen-bond donors (Lipinski definition) is 2. The van der Waals surface area contributed by atoms with Crippen LogP contribution in [0.25, 0.3) is 0 Å². The van der Waals surface area contributed by atoms with Gasteiger partial charge in [-0.15, -0.1) is 12.4 Å². The third kappa shape index (κ3) is 4.78. The van der Waals surface area contributed by atoms with E-state index in [1.165, 1.54) is 6.26 Å². The fourth-order valence-electron chi connectivity index (χ4n) is 2.95. The molecule has 1 fully saturated rings. The van der Waals surface area contributed by atoms with Gasteiger partial charge in [0, 0.05) is 37.6 Å². The fraction of sp³-hybridized carbons (Fsp3) is 0.333. The smallest absolute Gasteiger partial charge is 0.286 e. The molecule has 0 spiro atoms. The van der Waals surface area contributed by atoms with Gasteiger partial charge in [-0.25, -0.2) is 0 Å². The van der Waals surface area contributed by atoms with Crippen molar-refractivity contribution in [2.75, 3.05) is 26.2 Å². The van der Waals surface area contributed by atoms with Crippen LogP contribution in [-0.4, -0.2) is 42.9 Å². The van der Waals surface area contributed by atoms with E-state index in [4.69, 9.17) is 16.0 Å². The van der Waals surface area contributed by atoms with Gasteiger partial charge in [0.15, 0.2) is 5.76 Å². The lowest BCUT2D eigenvalue weighted by Gasteiger charge is -2.37. The molecule has 1 atom stereocenters. The lowest BCUT2D eigenvalue weighted by molar-refractivity contribution is -0.134. The van der Waals surface area contributed by atoms with Crippen molar-refractivity contribution < 1.29 is 14.0 Å². The standard InChI is InChI=1S/C18H20ClN3O3.ClH/c19-14-5-2-1-4-13(14)15-12-20-9-10-22(15)17(23)7-8-21-18(24)16-6-3-11-25-16;/h1-6,11,15,20H,7-10,12H2,(H,21,24);1H. The number of carbonyl (C=O) groups is 2. The SMILES string of the molecule is Cl.O=C(NCCC(=O)N1CCNCC1c1ccccc1Cl)c1ccco1. The molecule has 2 N–H and O–H groups in total. The van der Waals surface area contributed by atoms with Gasteiger partial charge in [-0.3, -0.25) is 9.59 Å². The van der Waals surface area contributed by atoms with Crippen LogP contribution in [-0.2, 0) is 4.79 Å². The molecule has 1 aliphatic heterocycles. The summed E-state index contributed by atoms with van der Waals surface area (Å²) in [5.41, 5.74) is 0.935. The summed E-state index contributed by atoms with van der Waals surface area (Å²) in [4.78, 5) is 26.3. The Kier molecular flexibility index (Phi) is 7.50. The Labute approximate surface area is 163 Å². The molecule has 1 unspecified atom stereocenters. The molecule has 1 aliphatic rings. The largest absolute Gasteiger partial charge is 0.459 e. The van der Waals surface area contributed by atoms with Crippen LogP contribution in [0.3, 0.4) is 0 Å². The molecule has 1 aromatic heterocycles. The van der Waals surface area contributed by atoms with Gasteiger partial charge in [-0.2, -0.15) is 0 Å². The van der Waals surface area contributed by atoms with Gasteiger partial charge in [-0.1, -0.05) is 29.8 Å². The summed E-state index contributed by atoms with van der Waals surface area (Å²) in [5.74, 6) is -0.0875. The minimum Gasteiger partial charge on any atom is -0.459 e. The number of rotatable bonds is 5. The molecule has 26 heavy (non-hydrogen) atoms. The Morgan fingerprint density at radius 1 is 1.27 bits per heavy atom.